The summed E-state index contributed by atoms with van der Waals surface area (Å²) in [5.41, 5.74) is 2.31. The number of ether oxygens (including phenoxy) is 1. The van der Waals surface area contributed by atoms with Gasteiger partial charge in [-0.15, -0.1) is 0 Å². The van der Waals surface area contributed by atoms with Gasteiger partial charge in [-0.3, -0.25) is 4.68 Å². The zero-order valence-corrected chi connectivity index (χ0v) is 13.3. The molecule has 1 aliphatic carbocycles. The van der Waals surface area contributed by atoms with Gasteiger partial charge in [0, 0.05) is 18.8 Å². The monoisotopic (exact) mass is 300 g/mol. The Hall–Kier alpha value is -1.81. The fourth-order valence-electron chi connectivity index (χ4n) is 3.24. The van der Waals surface area contributed by atoms with Crippen molar-refractivity contribution in [1.29, 1.82) is 0 Å². The molecule has 1 aromatic heterocycles. The molecule has 0 aliphatic heterocycles. The Bertz CT molecular complexity index is 610. The second-order valence-corrected chi connectivity index (χ2v) is 6.23. The Kier molecular flexibility index (Phi) is 4.48. The van der Waals surface area contributed by atoms with Crippen molar-refractivity contribution in [2.45, 2.75) is 51.9 Å². The number of hydrogen-bond donors (Lipinski definition) is 1. The molecule has 0 fully saturated rings. The zero-order chi connectivity index (χ0) is 15.5. The molecule has 0 amide bonds. The van der Waals surface area contributed by atoms with E-state index in [9.17, 15) is 5.11 Å². The SMILES string of the molecule is CC[C@H](Cn1cccn1)O[C@@H]1Cc2c(O)cccc2CC1C. The van der Waals surface area contributed by atoms with Crippen molar-refractivity contribution in [3.8, 4) is 5.75 Å². The Morgan fingerprint density at radius 1 is 1.36 bits per heavy atom. The van der Waals surface area contributed by atoms with Crippen molar-refractivity contribution in [2.75, 3.05) is 0 Å². The Balaban J connectivity index is 1.70. The van der Waals surface area contributed by atoms with Gasteiger partial charge in [-0.05, 0) is 42.0 Å². The van der Waals surface area contributed by atoms with Crippen molar-refractivity contribution in [3.05, 3.63) is 47.8 Å². The van der Waals surface area contributed by atoms with Gasteiger partial charge in [0.1, 0.15) is 5.75 Å². The number of benzene rings is 1. The van der Waals surface area contributed by atoms with E-state index in [1.165, 1.54) is 5.56 Å². The molecule has 3 rings (SSSR count). The topological polar surface area (TPSA) is 47.3 Å². The van der Waals surface area contributed by atoms with Crippen molar-refractivity contribution in [2.24, 2.45) is 5.92 Å². The summed E-state index contributed by atoms with van der Waals surface area (Å²) in [6, 6.07) is 7.74. The number of nitrogens with zero attached hydrogens (tertiary/aromatic N) is 2. The number of aromatic nitrogens is 2. The average Bonchev–Trinajstić information content (AvgIpc) is 3.01. The van der Waals surface area contributed by atoms with Crippen molar-refractivity contribution >= 4 is 0 Å². The van der Waals surface area contributed by atoms with Crippen LogP contribution < -0.4 is 0 Å². The zero-order valence-electron chi connectivity index (χ0n) is 13.3. The molecule has 2 aromatic rings. The molecule has 0 saturated carbocycles. The van der Waals surface area contributed by atoms with Crippen LogP contribution in [0.1, 0.15) is 31.4 Å². The number of aromatic hydroxyl groups is 1. The van der Waals surface area contributed by atoms with E-state index in [-0.39, 0.29) is 12.2 Å². The third kappa shape index (κ3) is 3.17. The van der Waals surface area contributed by atoms with Crippen LogP contribution >= 0.6 is 0 Å². The van der Waals surface area contributed by atoms with Gasteiger partial charge in [-0.1, -0.05) is 26.0 Å². The Morgan fingerprint density at radius 2 is 2.23 bits per heavy atom. The van der Waals surface area contributed by atoms with Crippen LogP contribution in [0, 0.1) is 5.92 Å². The molecule has 22 heavy (non-hydrogen) atoms. The highest BCUT2D eigenvalue weighted by atomic mass is 16.5. The first-order chi connectivity index (χ1) is 10.7. The van der Waals surface area contributed by atoms with Crippen LogP contribution in [0.5, 0.6) is 5.75 Å². The van der Waals surface area contributed by atoms with Gasteiger partial charge in [0.05, 0.1) is 18.8 Å². The molecule has 1 unspecified atom stereocenters. The number of rotatable bonds is 5. The molecule has 0 bridgehead atoms. The summed E-state index contributed by atoms with van der Waals surface area (Å²) < 4.78 is 8.29. The summed E-state index contributed by atoms with van der Waals surface area (Å²) in [7, 11) is 0. The largest absolute Gasteiger partial charge is 0.508 e. The summed E-state index contributed by atoms with van der Waals surface area (Å²) in [5.74, 6) is 0.860. The minimum atomic E-state index is 0.153. The average molecular weight is 300 g/mol. The second kappa shape index (κ2) is 6.53. The number of phenolic OH excluding ortho intramolecular Hbond substituents is 1. The molecule has 1 aliphatic rings. The fourth-order valence-corrected chi connectivity index (χ4v) is 3.24. The van der Waals surface area contributed by atoms with E-state index in [1.54, 1.807) is 12.3 Å². The van der Waals surface area contributed by atoms with Gasteiger partial charge in [0.25, 0.3) is 0 Å². The van der Waals surface area contributed by atoms with Gasteiger partial charge in [-0.25, -0.2) is 0 Å². The maximum absolute atomic E-state index is 10.1. The molecule has 1 aromatic carbocycles. The van der Waals surface area contributed by atoms with Crippen LogP contribution in [0.2, 0.25) is 0 Å². The molecule has 0 saturated heterocycles. The lowest BCUT2D eigenvalue weighted by atomic mass is 9.82. The first kappa shape index (κ1) is 15.1. The predicted octanol–water partition coefficient (Wildman–Crippen LogP) is 3.19. The quantitative estimate of drug-likeness (QED) is 0.922. The molecule has 4 nitrogen and oxygen atoms in total. The highest BCUT2D eigenvalue weighted by Gasteiger charge is 2.29. The summed E-state index contributed by atoms with van der Waals surface area (Å²) in [6.45, 7) is 5.16. The molecular formula is C18H24N2O2. The first-order valence-corrected chi connectivity index (χ1v) is 8.10. The molecule has 0 spiro atoms. The molecule has 4 heteroatoms. The van der Waals surface area contributed by atoms with E-state index >= 15 is 0 Å². The van der Waals surface area contributed by atoms with Gasteiger partial charge >= 0.3 is 0 Å². The second-order valence-electron chi connectivity index (χ2n) is 6.23. The van der Waals surface area contributed by atoms with Crippen molar-refractivity contribution < 1.29 is 9.84 Å². The van der Waals surface area contributed by atoms with Crippen LogP contribution in [0.25, 0.3) is 0 Å². The van der Waals surface area contributed by atoms with E-state index in [0.29, 0.717) is 11.7 Å². The van der Waals surface area contributed by atoms with Crippen LogP contribution in [0.15, 0.2) is 36.7 Å². The third-order valence-corrected chi connectivity index (χ3v) is 4.60. The Labute approximate surface area is 131 Å². The van der Waals surface area contributed by atoms with Crippen LogP contribution in [0.4, 0.5) is 0 Å². The summed E-state index contributed by atoms with van der Waals surface area (Å²) in [6.07, 6.45) is 6.78. The molecule has 118 valence electrons. The molecule has 3 atom stereocenters. The fraction of sp³-hybridized carbons (Fsp3) is 0.500. The third-order valence-electron chi connectivity index (χ3n) is 4.60. The standard InChI is InChI=1S/C18H24N2O2/c1-3-15(12-20-9-5-8-19-20)22-18-11-16-14(10-13(18)2)6-4-7-17(16)21/h4-9,13,15,18,21H,3,10-12H2,1-2H3/t13?,15-,18-/m1/s1. The van der Waals surface area contributed by atoms with Gasteiger partial charge in [0.15, 0.2) is 0 Å². The lowest BCUT2D eigenvalue weighted by molar-refractivity contribution is -0.0520. The smallest absolute Gasteiger partial charge is 0.119 e. The Morgan fingerprint density at radius 3 is 2.95 bits per heavy atom. The lowest BCUT2D eigenvalue weighted by Gasteiger charge is -2.33. The number of fused-ring (bicyclic) bond motifs is 1. The highest BCUT2D eigenvalue weighted by Crippen LogP contribution is 2.33. The van der Waals surface area contributed by atoms with Crippen LogP contribution in [-0.4, -0.2) is 27.1 Å². The van der Waals surface area contributed by atoms with Crippen LogP contribution in [-0.2, 0) is 24.1 Å². The molecule has 1 N–H and O–H groups in total. The summed E-state index contributed by atoms with van der Waals surface area (Å²) in [5, 5.41) is 14.4. The highest BCUT2D eigenvalue weighted by molar-refractivity contribution is 5.41. The van der Waals surface area contributed by atoms with E-state index < -0.39 is 0 Å². The maximum atomic E-state index is 10.1. The minimum absolute atomic E-state index is 0.153. The number of hydrogen-bond acceptors (Lipinski definition) is 3. The first-order valence-electron chi connectivity index (χ1n) is 8.10. The molecular weight excluding hydrogens is 276 g/mol. The van der Waals surface area contributed by atoms with Crippen LogP contribution in [0.3, 0.4) is 0 Å². The van der Waals surface area contributed by atoms with Crippen molar-refractivity contribution in [1.82, 2.24) is 9.78 Å². The van der Waals surface area contributed by atoms with E-state index in [4.69, 9.17) is 4.74 Å². The van der Waals surface area contributed by atoms with Gasteiger partial charge in [-0.2, -0.15) is 5.10 Å². The minimum Gasteiger partial charge on any atom is -0.508 e. The predicted molar refractivity (Wildman–Crippen MR) is 85.9 cm³/mol. The van der Waals surface area contributed by atoms with Gasteiger partial charge < -0.3 is 9.84 Å². The molecule has 0 radical (unpaired) electrons. The van der Waals surface area contributed by atoms with Crippen molar-refractivity contribution in [3.63, 3.8) is 0 Å². The lowest BCUT2D eigenvalue weighted by Crippen LogP contribution is -2.35. The summed E-state index contributed by atoms with van der Waals surface area (Å²) in [4.78, 5) is 0. The molecule has 1 heterocycles. The summed E-state index contributed by atoms with van der Waals surface area (Å²) >= 11 is 0. The normalized spacial score (nSPS) is 22.3. The van der Waals surface area contributed by atoms with E-state index in [0.717, 1.165) is 31.4 Å². The van der Waals surface area contributed by atoms with E-state index in [1.807, 2.05) is 23.0 Å². The number of phenols is 1. The maximum Gasteiger partial charge on any atom is 0.119 e. The van der Waals surface area contributed by atoms with Gasteiger partial charge in [0.2, 0.25) is 0 Å². The van der Waals surface area contributed by atoms with E-state index in [2.05, 4.69) is 25.0 Å².